The van der Waals surface area contributed by atoms with Gasteiger partial charge in [0.2, 0.25) is 0 Å². The molecular weight excluding hydrogens is 1010 g/mol. The molecule has 0 radical (unpaired) electrons. The number of hydrogen-bond donors (Lipinski definition) is 0. The van der Waals surface area contributed by atoms with Gasteiger partial charge in [0.1, 0.15) is 13.2 Å². The Hall–Kier alpha value is -2.89. The Labute approximate surface area is 510 Å². The number of esters is 3. The Morgan fingerprint density at radius 1 is 0.244 bits per heavy atom. The summed E-state index contributed by atoms with van der Waals surface area (Å²) in [6.07, 6.45) is 91.6. The molecule has 0 aliphatic heterocycles. The molecule has 0 rings (SSSR count). The molecule has 0 N–H and O–H groups in total. The van der Waals surface area contributed by atoms with Crippen molar-refractivity contribution < 1.29 is 28.6 Å². The Balaban J connectivity index is 3.98. The van der Waals surface area contributed by atoms with Gasteiger partial charge in [0, 0.05) is 19.3 Å². The fraction of sp³-hybridized carbons (Fsp3) is 0.829. The Kier molecular flexibility index (Phi) is 68.1. The number of carbonyl (C=O) groups is 3. The number of rotatable bonds is 67. The second-order valence-corrected chi connectivity index (χ2v) is 24.5. The van der Waals surface area contributed by atoms with Crippen LogP contribution in [0.4, 0.5) is 0 Å². The lowest BCUT2D eigenvalue weighted by molar-refractivity contribution is -0.167. The molecule has 0 fully saturated rings. The summed E-state index contributed by atoms with van der Waals surface area (Å²) in [6, 6.07) is 0. The standard InChI is InChI=1S/C76H138O6/c1-4-7-10-13-16-18-20-22-24-26-28-30-32-34-36-37-38-39-41-42-44-46-48-50-52-54-56-58-60-63-66-69-75(78)81-72-73(71-80-74(77)68-65-62-15-12-9-6-3)82-76(79)70-67-64-61-59-57-55-53-51-49-47-45-43-40-35-33-31-29-27-25-23-21-19-17-14-11-8-5-2/h20-23,26-29,33,35,73H,4-19,24-25,30-32,34,36-72H2,1-3H3/b22-20-,23-21-,28-26-,29-27-,35-33-. The Morgan fingerprint density at radius 3 is 0.683 bits per heavy atom. The monoisotopic (exact) mass is 1150 g/mol. The molecule has 0 heterocycles. The van der Waals surface area contributed by atoms with Crippen LogP contribution in [0.25, 0.3) is 0 Å². The molecule has 0 aliphatic carbocycles. The molecule has 0 aromatic carbocycles. The zero-order chi connectivity index (χ0) is 59.2. The quantitative estimate of drug-likeness (QED) is 0.0261. The lowest BCUT2D eigenvalue weighted by Crippen LogP contribution is -2.30. The first kappa shape index (κ1) is 79.1. The summed E-state index contributed by atoms with van der Waals surface area (Å²) in [5, 5.41) is 0. The van der Waals surface area contributed by atoms with E-state index in [4.69, 9.17) is 14.2 Å². The van der Waals surface area contributed by atoms with E-state index in [-0.39, 0.29) is 31.1 Å². The molecule has 82 heavy (non-hydrogen) atoms. The third-order valence-corrected chi connectivity index (χ3v) is 16.2. The summed E-state index contributed by atoms with van der Waals surface area (Å²) in [4.78, 5) is 38.1. The SMILES string of the molecule is CCCCCCC/C=C\C/C=C\C/C=C\CCCCCCCCCCCCCCC(=O)OC(COC(=O)CCCCCCCC)COC(=O)CCCCCCCCCCCCCCCCCCCCC/C=C\C/C=C\CCCCCCC. The molecule has 1 unspecified atom stereocenters. The van der Waals surface area contributed by atoms with Gasteiger partial charge in [-0.3, -0.25) is 14.4 Å². The molecule has 6 heteroatoms. The van der Waals surface area contributed by atoms with Crippen LogP contribution >= 0.6 is 0 Å². The molecule has 0 aliphatic rings. The number of unbranched alkanes of at least 4 members (excludes halogenated alkanes) is 46. The number of carbonyl (C=O) groups excluding carboxylic acids is 3. The van der Waals surface area contributed by atoms with Gasteiger partial charge in [-0.15, -0.1) is 0 Å². The molecule has 0 saturated carbocycles. The second-order valence-electron chi connectivity index (χ2n) is 24.5. The van der Waals surface area contributed by atoms with E-state index in [0.717, 1.165) is 77.0 Å². The first-order valence-electron chi connectivity index (χ1n) is 36.3. The summed E-state index contributed by atoms with van der Waals surface area (Å²) >= 11 is 0. The second kappa shape index (κ2) is 70.6. The highest BCUT2D eigenvalue weighted by molar-refractivity contribution is 5.71. The van der Waals surface area contributed by atoms with Gasteiger partial charge in [0.05, 0.1) is 0 Å². The predicted octanol–water partition coefficient (Wildman–Crippen LogP) is 25.1. The normalized spacial score (nSPS) is 12.4. The maximum Gasteiger partial charge on any atom is 0.306 e. The fourth-order valence-corrected chi connectivity index (χ4v) is 10.8. The van der Waals surface area contributed by atoms with Gasteiger partial charge in [-0.05, 0) is 89.9 Å². The summed E-state index contributed by atoms with van der Waals surface area (Å²) in [5.74, 6) is -0.860. The molecule has 0 spiro atoms. The van der Waals surface area contributed by atoms with Crippen LogP contribution in [0.5, 0.6) is 0 Å². The van der Waals surface area contributed by atoms with Crippen LogP contribution < -0.4 is 0 Å². The Morgan fingerprint density at radius 2 is 0.439 bits per heavy atom. The van der Waals surface area contributed by atoms with E-state index >= 15 is 0 Å². The van der Waals surface area contributed by atoms with Gasteiger partial charge in [-0.1, -0.05) is 338 Å². The predicted molar refractivity (Wildman–Crippen MR) is 358 cm³/mol. The van der Waals surface area contributed by atoms with Gasteiger partial charge in [-0.25, -0.2) is 0 Å². The van der Waals surface area contributed by atoms with Crippen molar-refractivity contribution in [1.29, 1.82) is 0 Å². The zero-order valence-corrected chi connectivity index (χ0v) is 55.0. The molecule has 0 amide bonds. The van der Waals surface area contributed by atoms with E-state index < -0.39 is 6.10 Å². The van der Waals surface area contributed by atoms with Crippen LogP contribution in [0.15, 0.2) is 60.8 Å². The van der Waals surface area contributed by atoms with Crippen molar-refractivity contribution in [1.82, 2.24) is 0 Å². The average Bonchev–Trinajstić information content (AvgIpc) is 3.47. The van der Waals surface area contributed by atoms with Crippen LogP contribution in [-0.4, -0.2) is 37.2 Å². The minimum Gasteiger partial charge on any atom is -0.462 e. The van der Waals surface area contributed by atoms with E-state index in [1.807, 2.05) is 0 Å². The van der Waals surface area contributed by atoms with E-state index in [1.165, 1.54) is 270 Å². The highest BCUT2D eigenvalue weighted by Crippen LogP contribution is 2.18. The topological polar surface area (TPSA) is 78.9 Å². The van der Waals surface area contributed by atoms with Crippen molar-refractivity contribution in [2.45, 2.75) is 393 Å². The van der Waals surface area contributed by atoms with Crippen LogP contribution in [0.1, 0.15) is 387 Å². The first-order chi connectivity index (χ1) is 40.5. The van der Waals surface area contributed by atoms with Gasteiger partial charge in [0.25, 0.3) is 0 Å². The van der Waals surface area contributed by atoms with Crippen molar-refractivity contribution in [2.24, 2.45) is 0 Å². The van der Waals surface area contributed by atoms with E-state index in [9.17, 15) is 14.4 Å². The molecule has 0 aromatic rings. The summed E-state index contributed by atoms with van der Waals surface area (Å²) < 4.78 is 16.9. The fourth-order valence-electron chi connectivity index (χ4n) is 10.8. The van der Waals surface area contributed by atoms with Crippen LogP contribution in [0, 0.1) is 0 Å². The molecule has 6 nitrogen and oxygen atoms in total. The lowest BCUT2D eigenvalue weighted by atomic mass is 10.0. The van der Waals surface area contributed by atoms with Crippen LogP contribution in [-0.2, 0) is 28.6 Å². The minimum atomic E-state index is -0.771. The molecule has 0 aromatic heterocycles. The van der Waals surface area contributed by atoms with E-state index in [0.29, 0.717) is 19.3 Å². The van der Waals surface area contributed by atoms with Crippen molar-refractivity contribution in [3.63, 3.8) is 0 Å². The number of ether oxygens (including phenoxy) is 3. The Bertz CT molecular complexity index is 1460. The smallest absolute Gasteiger partial charge is 0.306 e. The largest absolute Gasteiger partial charge is 0.462 e. The van der Waals surface area contributed by atoms with Gasteiger partial charge in [0.15, 0.2) is 6.10 Å². The van der Waals surface area contributed by atoms with Crippen molar-refractivity contribution in [3.8, 4) is 0 Å². The maximum absolute atomic E-state index is 12.9. The molecule has 1 atom stereocenters. The van der Waals surface area contributed by atoms with Gasteiger partial charge >= 0.3 is 17.9 Å². The molecule has 478 valence electrons. The molecule has 0 saturated heterocycles. The minimum absolute atomic E-state index is 0.0704. The van der Waals surface area contributed by atoms with Gasteiger partial charge in [-0.2, -0.15) is 0 Å². The highest BCUT2D eigenvalue weighted by atomic mass is 16.6. The third-order valence-electron chi connectivity index (χ3n) is 16.2. The first-order valence-corrected chi connectivity index (χ1v) is 36.3. The average molecular weight is 1150 g/mol. The van der Waals surface area contributed by atoms with E-state index in [2.05, 4.69) is 81.5 Å². The summed E-state index contributed by atoms with van der Waals surface area (Å²) in [6.45, 7) is 6.61. The molecular formula is C76H138O6. The third kappa shape index (κ3) is 67.9. The van der Waals surface area contributed by atoms with E-state index in [1.54, 1.807) is 0 Å². The maximum atomic E-state index is 12.9. The lowest BCUT2D eigenvalue weighted by Gasteiger charge is -2.18. The van der Waals surface area contributed by atoms with Crippen molar-refractivity contribution in [2.75, 3.05) is 13.2 Å². The number of hydrogen-bond acceptors (Lipinski definition) is 6. The summed E-state index contributed by atoms with van der Waals surface area (Å²) in [7, 11) is 0. The van der Waals surface area contributed by atoms with Crippen LogP contribution in [0.3, 0.4) is 0 Å². The van der Waals surface area contributed by atoms with Gasteiger partial charge < -0.3 is 14.2 Å². The molecule has 0 bridgehead atoms. The van der Waals surface area contributed by atoms with Crippen LogP contribution in [0.2, 0.25) is 0 Å². The zero-order valence-electron chi connectivity index (χ0n) is 55.0. The number of allylic oxidation sites excluding steroid dienone is 10. The van der Waals surface area contributed by atoms with Crippen molar-refractivity contribution >= 4 is 17.9 Å². The highest BCUT2D eigenvalue weighted by Gasteiger charge is 2.19. The van der Waals surface area contributed by atoms with Crippen molar-refractivity contribution in [3.05, 3.63) is 60.8 Å². The summed E-state index contributed by atoms with van der Waals surface area (Å²) in [5.41, 5.74) is 0.